The lowest BCUT2D eigenvalue weighted by Crippen LogP contribution is -2.29. The number of aliphatic carboxylic acids is 1. The zero-order valence-electron chi connectivity index (χ0n) is 13.3. The van der Waals surface area contributed by atoms with Gasteiger partial charge in [0.05, 0.1) is 23.1 Å². The second kappa shape index (κ2) is 8.49. The van der Waals surface area contributed by atoms with Gasteiger partial charge < -0.3 is 15.0 Å². The van der Waals surface area contributed by atoms with Gasteiger partial charge in [-0.25, -0.2) is 4.98 Å². The number of carbonyl (C=O) groups excluding carboxylic acids is 1. The molecule has 0 fully saturated rings. The predicted molar refractivity (Wildman–Crippen MR) is 93.0 cm³/mol. The third kappa shape index (κ3) is 5.09. The highest BCUT2D eigenvalue weighted by Gasteiger charge is 2.10. The van der Waals surface area contributed by atoms with Gasteiger partial charge in [-0.1, -0.05) is 12.1 Å². The molecule has 0 saturated heterocycles. The molecule has 1 amide bonds. The van der Waals surface area contributed by atoms with Gasteiger partial charge in [0.25, 0.3) is 5.56 Å². The van der Waals surface area contributed by atoms with E-state index >= 15 is 0 Å². The Balaban J connectivity index is 1.81. The number of amides is 1. The first kappa shape index (κ1) is 18.0. The summed E-state index contributed by atoms with van der Waals surface area (Å²) in [5.74, 6) is 0.647. The number of hydrogen-bond acceptors (Lipinski definition) is 5. The number of nitrogens with zero attached hydrogens (tertiary/aromatic N) is 2. The maximum atomic E-state index is 11.9. The molecular weight excluding hydrogens is 330 g/mol. The van der Waals surface area contributed by atoms with E-state index in [0.717, 1.165) is 0 Å². The van der Waals surface area contributed by atoms with E-state index in [1.54, 1.807) is 25.2 Å². The van der Waals surface area contributed by atoms with Crippen LogP contribution in [0.25, 0.3) is 10.9 Å². The van der Waals surface area contributed by atoms with Crippen LogP contribution >= 0.6 is 11.8 Å². The summed E-state index contributed by atoms with van der Waals surface area (Å²) in [6.45, 7) is 0.207. The summed E-state index contributed by atoms with van der Waals surface area (Å²) in [5, 5.41) is 9.16. The highest BCUT2D eigenvalue weighted by molar-refractivity contribution is 7.98. The molecule has 2 N–H and O–H groups in total. The van der Waals surface area contributed by atoms with Crippen molar-refractivity contribution < 1.29 is 14.7 Å². The monoisotopic (exact) mass is 349 g/mol. The van der Waals surface area contributed by atoms with Crippen LogP contribution in [0.5, 0.6) is 0 Å². The number of rotatable bonds is 8. The van der Waals surface area contributed by atoms with Crippen LogP contribution in [0.3, 0.4) is 0 Å². The zero-order valence-corrected chi connectivity index (χ0v) is 14.1. The van der Waals surface area contributed by atoms with Gasteiger partial charge in [0.2, 0.25) is 5.91 Å². The number of carboxylic acids is 1. The minimum atomic E-state index is -0.921. The number of aromatic amines is 1. The minimum Gasteiger partial charge on any atom is -0.481 e. The molecule has 1 aromatic heterocycles. The Morgan fingerprint density at radius 2 is 2.04 bits per heavy atom. The Morgan fingerprint density at radius 3 is 2.79 bits per heavy atom. The summed E-state index contributed by atoms with van der Waals surface area (Å²) >= 11 is 1.50. The van der Waals surface area contributed by atoms with Gasteiger partial charge in [0, 0.05) is 25.8 Å². The summed E-state index contributed by atoms with van der Waals surface area (Å²) in [7, 11) is 1.60. The molecule has 0 radical (unpaired) electrons. The van der Waals surface area contributed by atoms with Crippen molar-refractivity contribution >= 4 is 34.5 Å². The third-order valence-electron chi connectivity index (χ3n) is 3.45. The molecule has 128 valence electrons. The number of benzene rings is 1. The highest BCUT2D eigenvalue weighted by Crippen LogP contribution is 2.12. The van der Waals surface area contributed by atoms with Crippen LogP contribution in [0.15, 0.2) is 29.1 Å². The maximum Gasteiger partial charge on any atom is 0.305 e. The quantitative estimate of drug-likeness (QED) is 0.700. The molecule has 0 spiro atoms. The second-order valence-electron chi connectivity index (χ2n) is 5.29. The molecule has 0 bridgehead atoms. The summed E-state index contributed by atoms with van der Waals surface area (Å²) in [6, 6.07) is 7.14. The lowest BCUT2D eigenvalue weighted by atomic mass is 10.2. The van der Waals surface area contributed by atoms with Gasteiger partial charge in [0.1, 0.15) is 5.82 Å². The molecule has 8 heteroatoms. The molecule has 0 unspecified atom stereocenters. The fraction of sp³-hybridized carbons (Fsp3) is 0.375. The molecule has 24 heavy (non-hydrogen) atoms. The number of carbonyl (C=O) groups is 2. The fourth-order valence-electron chi connectivity index (χ4n) is 2.11. The average Bonchev–Trinajstić information content (AvgIpc) is 2.56. The normalized spacial score (nSPS) is 10.7. The van der Waals surface area contributed by atoms with Crippen LogP contribution in [0.2, 0.25) is 0 Å². The molecule has 0 aliphatic heterocycles. The number of thioether (sulfide) groups is 1. The molecule has 1 aromatic carbocycles. The van der Waals surface area contributed by atoms with E-state index in [-0.39, 0.29) is 24.4 Å². The number of carboxylic acid groups (broad SMARTS) is 1. The van der Waals surface area contributed by atoms with Crippen LogP contribution in [-0.4, -0.2) is 51.2 Å². The SMILES string of the molecule is CN(CCC(=O)O)C(=O)CCSCc1nc2ccccc2c(=O)[nH]1. The Morgan fingerprint density at radius 1 is 1.29 bits per heavy atom. The molecule has 2 aromatic rings. The molecule has 0 aliphatic rings. The van der Waals surface area contributed by atoms with E-state index in [1.165, 1.54) is 16.7 Å². The molecule has 1 heterocycles. The van der Waals surface area contributed by atoms with Crippen LogP contribution in [-0.2, 0) is 15.3 Å². The van der Waals surface area contributed by atoms with Gasteiger partial charge in [-0.15, -0.1) is 0 Å². The van der Waals surface area contributed by atoms with Crippen molar-refractivity contribution in [3.63, 3.8) is 0 Å². The van der Waals surface area contributed by atoms with E-state index in [1.807, 2.05) is 6.07 Å². The summed E-state index contributed by atoms with van der Waals surface area (Å²) in [6.07, 6.45) is 0.260. The Bertz CT molecular complexity index is 790. The summed E-state index contributed by atoms with van der Waals surface area (Å²) < 4.78 is 0. The Kier molecular flexibility index (Phi) is 6.36. The first-order chi connectivity index (χ1) is 11.5. The van der Waals surface area contributed by atoms with Gasteiger partial charge in [-0.05, 0) is 12.1 Å². The minimum absolute atomic E-state index is 0.0579. The van der Waals surface area contributed by atoms with E-state index in [4.69, 9.17) is 5.11 Å². The molecule has 7 nitrogen and oxygen atoms in total. The number of para-hydroxylation sites is 1. The molecule has 0 atom stereocenters. The van der Waals surface area contributed by atoms with Crippen molar-refractivity contribution in [2.75, 3.05) is 19.3 Å². The average molecular weight is 349 g/mol. The van der Waals surface area contributed by atoms with Crippen molar-refractivity contribution in [2.45, 2.75) is 18.6 Å². The van der Waals surface area contributed by atoms with Gasteiger partial charge in [-0.3, -0.25) is 14.4 Å². The topological polar surface area (TPSA) is 103 Å². The van der Waals surface area contributed by atoms with Crippen molar-refractivity contribution in [2.24, 2.45) is 0 Å². The molecular formula is C16H19N3O4S. The number of fused-ring (bicyclic) bond motifs is 1. The number of hydrogen-bond donors (Lipinski definition) is 2. The summed E-state index contributed by atoms with van der Waals surface area (Å²) in [4.78, 5) is 42.8. The number of nitrogens with one attached hydrogen (secondary N) is 1. The lowest BCUT2D eigenvalue weighted by Gasteiger charge is -2.15. The number of aromatic nitrogens is 2. The zero-order chi connectivity index (χ0) is 17.5. The largest absolute Gasteiger partial charge is 0.481 e. The van der Waals surface area contributed by atoms with Gasteiger partial charge >= 0.3 is 5.97 Å². The van der Waals surface area contributed by atoms with Crippen molar-refractivity contribution in [3.05, 3.63) is 40.4 Å². The second-order valence-corrected chi connectivity index (χ2v) is 6.40. The molecule has 2 rings (SSSR count). The summed E-state index contributed by atoms with van der Waals surface area (Å²) in [5.41, 5.74) is 0.488. The van der Waals surface area contributed by atoms with Crippen LogP contribution in [0, 0.1) is 0 Å². The van der Waals surface area contributed by atoms with Crippen LogP contribution < -0.4 is 5.56 Å². The van der Waals surface area contributed by atoms with Crippen molar-refractivity contribution in [1.82, 2.24) is 14.9 Å². The number of H-pyrrole nitrogens is 1. The standard InChI is InChI=1S/C16H19N3O4S/c1-19(8-6-15(21)22)14(20)7-9-24-10-13-17-12-5-3-2-4-11(12)16(23)18-13/h2-5H,6-10H2,1H3,(H,21,22)(H,17,18,23). The molecule has 0 saturated carbocycles. The van der Waals surface area contributed by atoms with E-state index < -0.39 is 5.97 Å². The first-order valence-corrected chi connectivity index (χ1v) is 8.64. The molecule has 0 aliphatic carbocycles. The van der Waals surface area contributed by atoms with Gasteiger partial charge in [0.15, 0.2) is 0 Å². The lowest BCUT2D eigenvalue weighted by molar-refractivity contribution is -0.138. The first-order valence-electron chi connectivity index (χ1n) is 7.49. The van der Waals surface area contributed by atoms with Gasteiger partial charge in [-0.2, -0.15) is 11.8 Å². The predicted octanol–water partition coefficient (Wildman–Crippen LogP) is 1.48. The van der Waals surface area contributed by atoms with E-state index in [0.29, 0.717) is 34.7 Å². The highest BCUT2D eigenvalue weighted by atomic mass is 32.2. The fourth-order valence-corrected chi connectivity index (χ4v) is 2.90. The Hall–Kier alpha value is -2.35. The van der Waals surface area contributed by atoms with Crippen LogP contribution in [0.4, 0.5) is 0 Å². The van der Waals surface area contributed by atoms with Crippen LogP contribution in [0.1, 0.15) is 18.7 Å². The van der Waals surface area contributed by atoms with E-state index in [9.17, 15) is 14.4 Å². The maximum absolute atomic E-state index is 11.9. The van der Waals surface area contributed by atoms with Crippen molar-refractivity contribution in [3.8, 4) is 0 Å². The van der Waals surface area contributed by atoms with Crippen molar-refractivity contribution in [1.29, 1.82) is 0 Å². The van der Waals surface area contributed by atoms with E-state index in [2.05, 4.69) is 9.97 Å². The third-order valence-corrected chi connectivity index (χ3v) is 4.42. The smallest absolute Gasteiger partial charge is 0.305 e. The Labute approximate surface area is 143 Å².